The molecular formula is C14H21ClN4O. The van der Waals surface area contributed by atoms with Crippen LogP contribution in [0.3, 0.4) is 0 Å². The zero-order valence-electron chi connectivity index (χ0n) is 12.2. The lowest BCUT2D eigenvalue weighted by molar-refractivity contribution is -0.129. The van der Waals surface area contributed by atoms with E-state index in [0.717, 1.165) is 25.9 Å². The van der Waals surface area contributed by atoms with Gasteiger partial charge in [0.05, 0.1) is 17.4 Å². The normalized spacial score (nSPS) is 17.1. The van der Waals surface area contributed by atoms with Crippen molar-refractivity contribution >= 4 is 23.5 Å². The highest BCUT2D eigenvalue weighted by Crippen LogP contribution is 2.19. The average Bonchev–Trinajstić information content (AvgIpc) is 2.39. The molecule has 5 nitrogen and oxygen atoms in total. The van der Waals surface area contributed by atoms with Crippen LogP contribution in [0.4, 0.5) is 5.95 Å². The van der Waals surface area contributed by atoms with Gasteiger partial charge in [-0.25, -0.2) is 9.97 Å². The maximum Gasteiger partial charge on any atom is 0.225 e. The van der Waals surface area contributed by atoms with Crippen molar-refractivity contribution in [1.82, 2.24) is 15.3 Å². The predicted molar refractivity (Wildman–Crippen MR) is 79.9 cm³/mol. The number of halogens is 1. The van der Waals surface area contributed by atoms with Gasteiger partial charge in [-0.3, -0.25) is 4.79 Å². The van der Waals surface area contributed by atoms with Crippen molar-refractivity contribution in [1.29, 1.82) is 0 Å². The number of carbonyl (C=O) groups excluding carboxylic acids is 1. The highest BCUT2D eigenvalue weighted by Gasteiger charge is 2.27. The standard InChI is InChI=1S/C14H21ClN4O/c1-14(2,3)12(20)18-11-4-6-19(7-5-11)13-16-8-10(15)9-17-13/h8-9,11H,4-7H2,1-3H3,(H,18,20). The van der Waals surface area contributed by atoms with Crippen LogP contribution in [0.15, 0.2) is 12.4 Å². The van der Waals surface area contributed by atoms with Crippen LogP contribution in [-0.2, 0) is 4.79 Å². The Morgan fingerprint density at radius 1 is 1.30 bits per heavy atom. The minimum absolute atomic E-state index is 0.110. The number of hydrogen-bond acceptors (Lipinski definition) is 4. The Labute approximate surface area is 124 Å². The molecule has 0 unspecified atom stereocenters. The molecule has 0 saturated carbocycles. The summed E-state index contributed by atoms with van der Waals surface area (Å²) < 4.78 is 0. The molecule has 0 radical (unpaired) electrons. The molecule has 0 bridgehead atoms. The van der Waals surface area contributed by atoms with Gasteiger partial charge in [0, 0.05) is 24.5 Å². The second-order valence-corrected chi connectivity index (χ2v) is 6.62. The molecule has 2 heterocycles. The highest BCUT2D eigenvalue weighted by molar-refractivity contribution is 6.30. The summed E-state index contributed by atoms with van der Waals surface area (Å²) in [5.74, 6) is 0.814. The fourth-order valence-corrected chi connectivity index (χ4v) is 2.19. The van der Waals surface area contributed by atoms with Crippen molar-refractivity contribution in [3.05, 3.63) is 17.4 Å². The van der Waals surface area contributed by atoms with Gasteiger partial charge in [0.25, 0.3) is 0 Å². The van der Waals surface area contributed by atoms with E-state index in [0.29, 0.717) is 11.0 Å². The minimum Gasteiger partial charge on any atom is -0.353 e. The maximum absolute atomic E-state index is 12.0. The van der Waals surface area contributed by atoms with Crippen LogP contribution in [0.2, 0.25) is 5.02 Å². The van der Waals surface area contributed by atoms with Gasteiger partial charge in [0.15, 0.2) is 0 Å². The molecule has 1 N–H and O–H groups in total. The molecule has 0 aromatic carbocycles. The third kappa shape index (κ3) is 3.82. The lowest BCUT2D eigenvalue weighted by Crippen LogP contribution is -2.48. The van der Waals surface area contributed by atoms with Crippen molar-refractivity contribution < 1.29 is 4.79 Å². The van der Waals surface area contributed by atoms with Gasteiger partial charge in [-0.2, -0.15) is 0 Å². The number of rotatable bonds is 2. The summed E-state index contributed by atoms with van der Waals surface area (Å²) in [7, 11) is 0. The van der Waals surface area contributed by atoms with Crippen LogP contribution in [0.1, 0.15) is 33.6 Å². The van der Waals surface area contributed by atoms with Crippen molar-refractivity contribution in [2.24, 2.45) is 5.41 Å². The van der Waals surface area contributed by atoms with Crippen LogP contribution in [0.25, 0.3) is 0 Å². The summed E-state index contributed by atoms with van der Waals surface area (Å²) in [5.41, 5.74) is -0.337. The first kappa shape index (κ1) is 15.0. The number of nitrogens with zero attached hydrogens (tertiary/aromatic N) is 3. The summed E-state index contributed by atoms with van der Waals surface area (Å²) in [6.45, 7) is 7.48. The monoisotopic (exact) mass is 296 g/mol. The fourth-order valence-electron chi connectivity index (χ4n) is 2.09. The Morgan fingerprint density at radius 3 is 2.35 bits per heavy atom. The molecule has 0 spiro atoms. The van der Waals surface area contributed by atoms with Crippen LogP contribution in [0.5, 0.6) is 0 Å². The highest BCUT2D eigenvalue weighted by atomic mass is 35.5. The minimum atomic E-state index is -0.337. The summed E-state index contributed by atoms with van der Waals surface area (Å²) in [6.07, 6.45) is 5.04. The number of piperidine rings is 1. The summed E-state index contributed by atoms with van der Waals surface area (Å²) >= 11 is 5.78. The van der Waals surface area contributed by atoms with E-state index < -0.39 is 0 Å². The van der Waals surface area contributed by atoms with E-state index in [1.54, 1.807) is 12.4 Å². The fraction of sp³-hybridized carbons (Fsp3) is 0.643. The third-order valence-electron chi connectivity index (χ3n) is 3.40. The van der Waals surface area contributed by atoms with Gasteiger partial charge < -0.3 is 10.2 Å². The molecule has 1 aromatic rings. The number of amides is 1. The second kappa shape index (κ2) is 5.95. The van der Waals surface area contributed by atoms with E-state index in [4.69, 9.17) is 11.6 Å². The van der Waals surface area contributed by atoms with Crippen molar-refractivity contribution in [2.45, 2.75) is 39.7 Å². The molecular weight excluding hydrogens is 276 g/mol. The molecule has 110 valence electrons. The Morgan fingerprint density at radius 2 is 1.85 bits per heavy atom. The van der Waals surface area contributed by atoms with Crippen LogP contribution in [0, 0.1) is 5.41 Å². The van der Waals surface area contributed by atoms with Gasteiger partial charge in [-0.1, -0.05) is 32.4 Å². The lowest BCUT2D eigenvalue weighted by Gasteiger charge is -2.33. The second-order valence-electron chi connectivity index (χ2n) is 6.19. The molecule has 2 rings (SSSR count). The molecule has 1 saturated heterocycles. The quantitative estimate of drug-likeness (QED) is 0.909. The Bertz CT molecular complexity index is 461. The van der Waals surface area contributed by atoms with E-state index in [1.165, 1.54) is 0 Å². The topological polar surface area (TPSA) is 58.1 Å². The maximum atomic E-state index is 12.0. The summed E-state index contributed by atoms with van der Waals surface area (Å²) in [5, 5.41) is 3.66. The van der Waals surface area contributed by atoms with E-state index >= 15 is 0 Å². The number of carbonyl (C=O) groups is 1. The number of aromatic nitrogens is 2. The van der Waals surface area contributed by atoms with E-state index in [-0.39, 0.29) is 17.4 Å². The lowest BCUT2D eigenvalue weighted by atomic mass is 9.94. The molecule has 1 aliphatic rings. The Hall–Kier alpha value is -1.36. The molecule has 20 heavy (non-hydrogen) atoms. The molecule has 6 heteroatoms. The zero-order chi connectivity index (χ0) is 14.8. The van der Waals surface area contributed by atoms with Crippen molar-refractivity contribution in [3.63, 3.8) is 0 Å². The molecule has 1 amide bonds. The number of hydrogen-bond donors (Lipinski definition) is 1. The Kier molecular flexibility index (Phi) is 4.48. The predicted octanol–water partition coefficient (Wildman–Crippen LogP) is 2.26. The van der Waals surface area contributed by atoms with Crippen LogP contribution >= 0.6 is 11.6 Å². The third-order valence-corrected chi connectivity index (χ3v) is 3.60. The first-order valence-corrected chi connectivity index (χ1v) is 7.27. The molecule has 1 aromatic heterocycles. The zero-order valence-corrected chi connectivity index (χ0v) is 12.9. The van der Waals surface area contributed by atoms with Crippen molar-refractivity contribution in [2.75, 3.05) is 18.0 Å². The van der Waals surface area contributed by atoms with Gasteiger partial charge in [0.1, 0.15) is 0 Å². The average molecular weight is 297 g/mol. The van der Waals surface area contributed by atoms with Crippen molar-refractivity contribution in [3.8, 4) is 0 Å². The SMILES string of the molecule is CC(C)(C)C(=O)NC1CCN(c2ncc(Cl)cn2)CC1. The van der Waals surface area contributed by atoms with Gasteiger partial charge in [-0.05, 0) is 12.8 Å². The smallest absolute Gasteiger partial charge is 0.225 e. The summed E-state index contributed by atoms with van der Waals surface area (Å²) in [4.78, 5) is 22.5. The van der Waals surface area contributed by atoms with E-state index in [1.807, 2.05) is 20.8 Å². The molecule has 1 fully saturated rings. The van der Waals surface area contributed by atoms with Gasteiger partial charge in [-0.15, -0.1) is 0 Å². The molecule has 0 atom stereocenters. The van der Waals surface area contributed by atoms with Crippen LogP contribution in [-0.4, -0.2) is 35.0 Å². The first-order chi connectivity index (χ1) is 9.36. The van der Waals surface area contributed by atoms with Gasteiger partial charge in [0.2, 0.25) is 11.9 Å². The first-order valence-electron chi connectivity index (χ1n) is 6.90. The molecule has 1 aliphatic heterocycles. The Balaban J connectivity index is 1.86. The van der Waals surface area contributed by atoms with E-state index in [9.17, 15) is 4.79 Å². The number of anilines is 1. The molecule has 0 aliphatic carbocycles. The number of nitrogens with one attached hydrogen (secondary N) is 1. The summed E-state index contributed by atoms with van der Waals surface area (Å²) in [6, 6.07) is 0.241. The van der Waals surface area contributed by atoms with E-state index in [2.05, 4.69) is 20.2 Å². The van der Waals surface area contributed by atoms with Crippen LogP contribution < -0.4 is 10.2 Å². The van der Waals surface area contributed by atoms with Gasteiger partial charge >= 0.3 is 0 Å². The largest absolute Gasteiger partial charge is 0.353 e.